The second-order valence-electron chi connectivity index (χ2n) is 6.85. The molecule has 1 aliphatic heterocycles. The Morgan fingerprint density at radius 2 is 1.96 bits per heavy atom. The number of nitrogens with zero attached hydrogens (tertiary/aromatic N) is 1. The quantitative estimate of drug-likeness (QED) is 0.689. The van der Waals surface area contributed by atoms with Crippen LogP contribution in [0, 0.1) is 5.82 Å². The summed E-state index contributed by atoms with van der Waals surface area (Å²) >= 11 is 1.32. The van der Waals surface area contributed by atoms with Crippen LogP contribution >= 0.6 is 23.7 Å². The molecule has 1 fully saturated rings. The number of carbonyl (C=O) groups excluding carboxylic acids is 1. The van der Waals surface area contributed by atoms with Crippen LogP contribution in [0.3, 0.4) is 0 Å². The van der Waals surface area contributed by atoms with E-state index in [1.807, 2.05) is 36.4 Å². The molecule has 28 heavy (non-hydrogen) atoms. The fourth-order valence-corrected chi connectivity index (χ4v) is 5.00. The summed E-state index contributed by atoms with van der Waals surface area (Å²) in [6, 6.07) is 14.8. The molecule has 4 nitrogen and oxygen atoms in total. The Kier molecular flexibility index (Phi) is 6.35. The zero-order valence-corrected chi connectivity index (χ0v) is 17.1. The highest BCUT2D eigenvalue weighted by Gasteiger charge is 2.35. The van der Waals surface area contributed by atoms with E-state index in [-0.39, 0.29) is 42.7 Å². The van der Waals surface area contributed by atoms with E-state index >= 15 is 0 Å². The Labute approximate surface area is 173 Å². The lowest BCUT2D eigenvalue weighted by Gasteiger charge is -2.16. The first-order chi connectivity index (χ1) is 13.1. The van der Waals surface area contributed by atoms with Gasteiger partial charge in [0.25, 0.3) is 5.91 Å². The summed E-state index contributed by atoms with van der Waals surface area (Å²) in [6.07, 6.45) is 0. The summed E-state index contributed by atoms with van der Waals surface area (Å²) in [5.74, 6) is -0.321. The lowest BCUT2D eigenvalue weighted by molar-refractivity contribution is 0.0789. The second-order valence-corrected chi connectivity index (χ2v) is 7.90. The Bertz CT molecular complexity index is 979. The predicted octanol–water partition coefficient (Wildman–Crippen LogP) is 4.18. The minimum Gasteiger partial charge on any atom is -0.380 e. The first-order valence-corrected chi connectivity index (χ1v) is 9.70. The van der Waals surface area contributed by atoms with Gasteiger partial charge >= 0.3 is 0 Å². The third-order valence-corrected chi connectivity index (χ3v) is 6.31. The molecule has 0 spiro atoms. The van der Waals surface area contributed by atoms with E-state index in [9.17, 15) is 9.18 Å². The van der Waals surface area contributed by atoms with Crippen LogP contribution in [0.25, 0.3) is 10.1 Å². The van der Waals surface area contributed by atoms with Gasteiger partial charge in [-0.3, -0.25) is 4.79 Å². The van der Waals surface area contributed by atoms with Crippen molar-refractivity contribution in [2.24, 2.45) is 5.73 Å². The van der Waals surface area contributed by atoms with Crippen molar-refractivity contribution < 1.29 is 13.9 Å². The van der Waals surface area contributed by atoms with Gasteiger partial charge in [0.1, 0.15) is 5.82 Å². The number of hydrogen-bond acceptors (Lipinski definition) is 4. The van der Waals surface area contributed by atoms with E-state index in [4.69, 9.17) is 10.5 Å². The van der Waals surface area contributed by atoms with Crippen molar-refractivity contribution >= 4 is 39.7 Å². The molecule has 0 unspecified atom stereocenters. The zero-order valence-electron chi connectivity index (χ0n) is 15.4. The fourth-order valence-electron chi connectivity index (χ4n) is 3.81. The number of hydrogen-bond donors (Lipinski definition) is 1. The third-order valence-electron chi connectivity index (χ3n) is 5.13. The van der Waals surface area contributed by atoms with Crippen LogP contribution in [0.2, 0.25) is 0 Å². The number of fused-ring (bicyclic) bond motifs is 1. The SMILES string of the molecule is COCc1c(C(=O)N2C[C@@H](N)[C@H](c3ccccc3)C2)sc2cccc(F)c12.Cl. The molecule has 0 aliphatic carbocycles. The highest BCUT2D eigenvalue weighted by Crippen LogP contribution is 2.36. The number of carbonyl (C=O) groups is 1. The van der Waals surface area contributed by atoms with Crippen molar-refractivity contribution in [3.05, 3.63) is 70.4 Å². The topological polar surface area (TPSA) is 55.6 Å². The summed E-state index contributed by atoms with van der Waals surface area (Å²) in [5, 5.41) is 0.482. The lowest BCUT2D eigenvalue weighted by atomic mass is 9.95. The monoisotopic (exact) mass is 420 g/mol. The maximum absolute atomic E-state index is 14.4. The summed E-state index contributed by atoms with van der Waals surface area (Å²) in [4.78, 5) is 15.6. The third kappa shape index (κ3) is 3.65. The van der Waals surface area contributed by atoms with Crippen molar-refractivity contribution in [3.8, 4) is 0 Å². The van der Waals surface area contributed by atoms with Gasteiger partial charge in [-0.05, 0) is 17.7 Å². The Morgan fingerprint density at radius 3 is 2.68 bits per heavy atom. The number of amides is 1. The van der Waals surface area contributed by atoms with E-state index in [1.54, 1.807) is 18.1 Å². The average Bonchev–Trinajstić information content (AvgIpc) is 3.24. The van der Waals surface area contributed by atoms with Crippen LogP contribution in [0.5, 0.6) is 0 Å². The first kappa shape index (κ1) is 20.7. The largest absolute Gasteiger partial charge is 0.380 e. The van der Waals surface area contributed by atoms with Crippen LogP contribution in [0.1, 0.15) is 26.7 Å². The highest BCUT2D eigenvalue weighted by atomic mass is 35.5. The van der Waals surface area contributed by atoms with E-state index in [1.165, 1.54) is 17.4 Å². The lowest BCUT2D eigenvalue weighted by Crippen LogP contribution is -2.32. The van der Waals surface area contributed by atoms with Gasteiger partial charge in [-0.25, -0.2) is 4.39 Å². The number of ether oxygens (including phenoxy) is 1. The smallest absolute Gasteiger partial charge is 0.264 e. The molecule has 0 bridgehead atoms. The molecule has 1 amide bonds. The van der Waals surface area contributed by atoms with Gasteiger partial charge in [0.15, 0.2) is 0 Å². The van der Waals surface area contributed by atoms with Crippen LogP contribution in [-0.2, 0) is 11.3 Å². The van der Waals surface area contributed by atoms with Gasteiger partial charge in [-0.2, -0.15) is 0 Å². The summed E-state index contributed by atoms with van der Waals surface area (Å²) in [6.45, 7) is 1.25. The van der Waals surface area contributed by atoms with Gasteiger partial charge in [0.2, 0.25) is 0 Å². The Balaban J connectivity index is 0.00000225. The van der Waals surface area contributed by atoms with Crippen molar-refractivity contribution in [2.75, 3.05) is 20.2 Å². The number of thiophene rings is 1. The molecule has 148 valence electrons. The van der Waals surface area contributed by atoms with Gasteiger partial charge in [0, 0.05) is 47.8 Å². The number of benzene rings is 2. The molecule has 1 aliphatic rings. The van der Waals surface area contributed by atoms with Gasteiger partial charge in [-0.1, -0.05) is 36.4 Å². The molecular formula is C21H22ClFN2O2S. The maximum atomic E-state index is 14.4. The highest BCUT2D eigenvalue weighted by molar-refractivity contribution is 7.21. The van der Waals surface area contributed by atoms with E-state index < -0.39 is 0 Å². The first-order valence-electron chi connectivity index (χ1n) is 8.88. The molecule has 2 aromatic carbocycles. The number of methoxy groups -OCH3 is 1. The van der Waals surface area contributed by atoms with Crippen molar-refractivity contribution in [1.82, 2.24) is 4.90 Å². The molecule has 2 heterocycles. The van der Waals surface area contributed by atoms with E-state index in [0.29, 0.717) is 28.9 Å². The van der Waals surface area contributed by atoms with Crippen LogP contribution < -0.4 is 5.73 Å². The fraction of sp³-hybridized carbons (Fsp3) is 0.286. The zero-order chi connectivity index (χ0) is 19.0. The van der Waals surface area contributed by atoms with Gasteiger partial charge < -0.3 is 15.4 Å². The predicted molar refractivity (Wildman–Crippen MR) is 113 cm³/mol. The molecule has 0 radical (unpaired) electrons. The maximum Gasteiger partial charge on any atom is 0.264 e. The molecule has 7 heteroatoms. The van der Waals surface area contributed by atoms with Crippen LogP contribution in [-0.4, -0.2) is 37.0 Å². The minimum absolute atomic E-state index is 0. The number of nitrogens with two attached hydrogens (primary N) is 1. The normalized spacial score (nSPS) is 19.0. The number of likely N-dealkylation sites (tertiary alicyclic amines) is 1. The molecule has 1 aromatic heterocycles. The summed E-state index contributed by atoms with van der Waals surface area (Å²) < 4.78 is 20.4. The van der Waals surface area contributed by atoms with E-state index in [2.05, 4.69) is 0 Å². The second kappa shape index (κ2) is 8.57. The van der Waals surface area contributed by atoms with Gasteiger partial charge in [0.05, 0.1) is 11.5 Å². The Hall–Kier alpha value is -1.99. The van der Waals surface area contributed by atoms with Gasteiger partial charge in [-0.15, -0.1) is 23.7 Å². The summed E-state index contributed by atoms with van der Waals surface area (Å²) in [5.41, 5.74) is 8.10. The van der Waals surface area contributed by atoms with E-state index in [0.717, 1.165) is 10.3 Å². The van der Waals surface area contributed by atoms with Crippen LogP contribution in [0.4, 0.5) is 4.39 Å². The molecule has 0 saturated carbocycles. The van der Waals surface area contributed by atoms with Crippen molar-refractivity contribution in [2.45, 2.75) is 18.6 Å². The molecule has 1 saturated heterocycles. The average molecular weight is 421 g/mol. The molecular weight excluding hydrogens is 399 g/mol. The standard InChI is InChI=1S/C21H21FN2O2S.ClH/c1-26-12-15-19-16(22)8-5-9-18(19)27-20(15)21(25)24-10-14(17(23)11-24)13-6-3-2-4-7-13;/h2-9,14,17H,10-12,23H2,1H3;1H/t14-,17+;/m0./s1. The molecule has 2 N–H and O–H groups in total. The molecule has 4 rings (SSSR count). The Morgan fingerprint density at radius 1 is 1.21 bits per heavy atom. The molecule has 2 atom stereocenters. The summed E-state index contributed by atoms with van der Waals surface area (Å²) in [7, 11) is 1.55. The van der Waals surface area contributed by atoms with Crippen molar-refractivity contribution in [1.29, 1.82) is 0 Å². The number of halogens is 2. The minimum atomic E-state index is -0.324. The number of rotatable bonds is 4. The van der Waals surface area contributed by atoms with Crippen LogP contribution in [0.15, 0.2) is 48.5 Å². The molecule has 3 aromatic rings. The van der Waals surface area contributed by atoms with Crippen molar-refractivity contribution in [3.63, 3.8) is 0 Å².